The lowest BCUT2D eigenvalue weighted by molar-refractivity contribution is -0.183. The number of carbonyl (C=O) groups is 10. The third-order valence-electron chi connectivity index (χ3n) is 4.37. The second-order valence-corrected chi connectivity index (χ2v) is 7.81. The molecular formula is C19H22O22. The normalized spacial score (nSPS) is 11.0. The molecule has 0 aliphatic rings. The van der Waals surface area contributed by atoms with Crippen LogP contribution in [0.1, 0.15) is 38.5 Å². The molecule has 10 N–H and O–H groups in total. The summed E-state index contributed by atoms with van der Waals surface area (Å²) in [5.41, 5.74) is -9.23. The Morgan fingerprint density at radius 2 is 0.610 bits per heavy atom. The molecule has 0 bridgehead atoms. The van der Waals surface area contributed by atoms with Crippen LogP contribution in [0, 0.1) is 0 Å². The zero-order valence-electron chi connectivity index (χ0n) is 20.1. The molecule has 0 heterocycles. The van der Waals surface area contributed by atoms with Gasteiger partial charge in [-0.3, -0.25) is 28.8 Å². The molecule has 0 radical (unpaired) electrons. The molecule has 22 heteroatoms. The van der Waals surface area contributed by atoms with Crippen LogP contribution in [-0.2, 0) is 52.6 Å². The molecule has 0 aliphatic carbocycles. The van der Waals surface area contributed by atoms with Crippen LogP contribution >= 0.6 is 0 Å². The first-order chi connectivity index (χ1) is 18.4. The monoisotopic (exact) mass is 602 g/mol. The number of hydrogen-bond donors (Lipinski definition) is 10. The molecule has 230 valence electrons. The van der Waals surface area contributed by atoms with Crippen molar-refractivity contribution in [2.24, 2.45) is 0 Å². The number of carbonyl (C=O) groups excluding carboxylic acids is 1. The number of aliphatic carboxylic acids is 9. The SMILES string of the molecule is O=C(O)CC(CC(=O)O)(OC(=O)OC(CC(=O)O)(CC(=O)O)C(=O)O)C(=O)O.O=C(O)CC(O)(CC(=O)O)C(=O)O. The molecule has 0 unspecified atom stereocenters. The quantitative estimate of drug-likeness (QED) is 0.0764. The van der Waals surface area contributed by atoms with Gasteiger partial charge in [0.25, 0.3) is 0 Å². The molecule has 0 aromatic carbocycles. The van der Waals surface area contributed by atoms with Crippen molar-refractivity contribution in [2.75, 3.05) is 0 Å². The Kier molecular flexibility index (Phi) is 13.9. The summed E-state index contributed by atoms with van der Waals surface area (Å²) in [5.74, 6) is -17.2. The first-order valence-corrected chi connectivity index (χ1v) is 10.1. The van der Waals surface area contributed by atoms with E-state index in [4.69, 9.17) is 51.1 Å². The Hall–Kier alpha value is -5.54. The molecular weight excluding hydrogens is 580 g/mol. The van der Waals surface area contributed by atoms with Crippen molar-refractivity contribution in [3.05, 3.63) is 0 Å². The zero-order valence-corrected chi connectivity index (χ0v) is 20.1. The van der Waals surface area contributed by atoms with Crippen molar-refractivity contribution in [3.8, 4) is 0 Å². The fourth-order valence-corrected chi connectivity index (χ4v) is 2.69. The minimum atomic E-state index is -3.24. The lowest BCUT2D eigenvalue weighted by Gasteiger charge is -2.30. The number of rotatable bonds is 17. The molecule has 41 heavy (non-hydrogen) atoms. The smallest absolute Gasteiger partial charge is 0.481 e. The van der Waals surface area contributed by atoms with Crippen molar-refractivity contribution in [1.29, 1.82) is 0 Å². The highest BCUT2D eigenvalue weighted by atomic mass is 16.8. The van der Waals surface area contributed by atoms with E-state index in [1.54, 1.807) is 0 Å². The first kappa shape index (κ1) is 37.6. The number of carboxylic acids is 9. The van der Waals surface area contributed by atoms with Gasteiger partial charge in [-0.1, -0.05) is 0 Å². The van der Waals surface area contributed by atoms with Crippen LogP contribution in [0.2, 0.25) is 0 Å². The van der Waals surface area contributed by atoms with E-state index < -0.39 is 115 Å². The minimum Gasteiger partial charge on any atom is -0.481 e. The van der Waals surface area contributed by atoms with Crippen molar-refractivity contribution < 1.29 is 108 Å². The van der Waals surface area contributed by atoms with Crippen molar-refractivity contribution in [3.63, 3.8) is 0 Å². The van der Waals surface area contributed by atoms with E-state index in [9.17, 15) is 47.9 Å². The van der Waals surface area contributed by atoms with E-state index in [0.717, 1.165) is 0 Å². The first-order valence-electron chi connectivity index (χ1n) is 10.1. The average Bonchev–Trinajstić information content (AvgIpc) is 2.70. The Bertz CT molecular complexity index is 994. The van der Waals surface area contributed by atoms with E-state index in [2.05, 4.69) is 9.47 Å². The van der Waals surface area contributed by atoms with Gasteiger partial charge in [0, 0.05) is 0 Å². The standard InChI is InChI=1S/C13H14O15.C6H8O7/c14-5(15)1-12(9(22)23,2-6(16)17)27-11(26)28-13(10(24)25,3-7(18)19)4-8(20)21;7-3(8)1-6(13,5(11)12)2-4(9)10/h1-4H2,(H,14,15)(H,16,17)(H,18,19)(H,20,21)(H,22,23)(H,24,25);13H,1-2H2,(H,7,8)(H,9,10)(H,11,12). The largest absolute Gasteiger partial charge is 0.510 e. The highest BCUT2D eigenvalue weighted by Crippen LogP contribution is 2.27. The molecule has 0 aromatic heterocycles. The fourth-order valence-electron chi connectivity index (χ4n) is 2.69. The van der Waals surface area contributed by atoms with E-state index in [0.29, 0.717) is 0 Å². The number of aliphatic hydroxyl groups is 1. The van der Waals surface area contributed by atoms with Gasteiger partial charge in [0.1, 0.15) is 0 Å². The van der Waals surface area contributed by atoms with E-state index >= 15 is 0 Å². The molecule has 0 aliphatic heterocycles. The average molecular weight is 602 g/mol. The van der Waals surface area contributed by atoms with Gasteiger partial charge in [-0.25, -0.2) is 19.2 Å². The molecule has 0 rings (SSSR count). The summed E-state index contributed by atoms with van der Waals surface area (Å²) < 4.78 is 8.44. The van der Waals surface area contributed by atoms with Crippen molar-refractivity contribution in [2.45, 2.75) is 55.3 Å². The molecule has 0 saturated carbocycles. The van der Waals surface area contributed by atoms with Gasteiger partial charge in [-0.2, -0.15) is 0 Å². The summed E-state index contributed by atoms with van der Waals surface area (Å²) in [6.07, 6.45) is -10.9. The Morgan fingerprint density at radius 1 is 0.390 bits per heavy atom. The maximum atomic E-state index is 11.9. The van der Waals surface area contributed by atoms with Gasteiger partial charge >= 0.3 is 59.9 Å². The lowest BCUT2D eigenvalue weighted by atomic mass is 9.95. The predicted octanol–water partition coefficient (Wildman–Crippen LogP) is -2.56. The number of hydrogen-bond acceptors (Lipinski definition) is 13. The molecule has 22 nitrogen and oxygen atoms in total. The summed E-state index contributed by atoms with van der Waals surface area (Å²) in [7, 11) is 0. The van der Waals surface area contributed by atoms with Gasteiger partial charge in [-0.15, -0.1) is 0 Å². The Labute approximate surface area is 224 Å². The summed E-state index contributed by atoms with van der Waals surface area (Å²) in [5, 5.41) is 87.0. The predicted molar refractivity (Wildman–Crippen MR) is 114 cm³/mol. The van der Waals surface area contributed by atoms with Gasteiger partial charge in [0.15, 0.2) is 5.60 Å². The summed E-state index contributed by atoms with van der Waals surface area (Å²) >= 11 is 0. The van der Waals surface area contributed by atoms with Crippen LogP contribution < -0.4 is 0 Å². The van der Waals surface area contributed by atoms with Crippen LogP contribution in [0.15, 0.2) is 0 Å². The van der Waals surface area contributed by atoms with Crippen molar-refractivity contribution in [1.82, 2.24) is 0 Å². The van der Waals surface area contributed by atoms with Crippen LogP contribution in [0.5, 0.6) is 0 Å². The molecule has 0 fully saturated rings. The second kappa shape index (κ2) is 15.2. The summed E-state index contributed by atoms with van der Waals surface area (Å²) in [6, 6.07) is 0. The molecule has 0 spiro atoms. The fraction of sp³-hybridized carbons (Fsp3) is 0.474. The number of carboxylic acid groups (broad SMARTS) is 9. The second-order valence-electron chi connectivity index (χ2n) is 7.81. The molecule has 0 saturated heterocycles. The highest BCUT2D eigenvalue weighted by molar-refractivity contribution is 5.92. The molecule has 0 amide bonds. The number of ether oxygens (including phenoxy) is 2. The van der Waals surface area contributed by atoms with E-state index in [1.165, 1.54) is 0 Å². The van der Waals surface area contributed by atoms with Gasteiger partial charge in [-0.05, 0) is 0 Å². The molecule has 0 atom stereocenters. The van der Waals surface area contributed by atoms with Gasteiger partial charge < -0.3 is 60.5 Å². The van der Waals surface area contributed by atoms with Crippen LogP contribution in [-0.4, -0.2) is 128 Å². The van der Waals surface area contributed by atoms with Gasteiger partial charge in [0.05, 0.1) is 38.5 Å². The highest BCUT2D eigenvalue weighted by Gasteiger charge is 2.52. The molecule has 0 aromatic rings. The van der Waals surface area contributed by atoms with E-state index in [-0.39, 0.29) is 0 Å². The Morgan fingerprint density at radius 3 is 0.756 bits per heavy atom. The Balaban J connectivity index is 0. The third kappa shape index (κ3) is 13.2. The van der Waals surface area contributed by atoms with Gasteiger partial charge in [0.2, 0.25) is 11.2 Å². The minimum absolute atomic E-state index is 1.14. The summed E-state index contributed by atoms with van der Waals surface area (Å²) in [6.45, 7) is 0. The van der Waals surface area contributed by atoms with E-state index in [1.807, 2.05) is 0 Å². The summed E-state index contributed by atoms with van der Waals surface area (Å²) in [4.78, 5) is 108. The zero-order chi connectivity index (χ0) is 32.9. The van der Waals surface area contributed by atoms with Crippen molar-refractivity contribution >= 4 is 59.9 Å². The topological polar surface area (TPSA) is 391 Å². The van der Waals surface area contributed by atoms with Crippen LogP contribution in [0.4, 0.5) is 4.79 Å². The lowest BCUT2D eigenvalue weighted by Crippen LogP contribution is -2.51. The maximum absolute atomic E-state index is 11.9. The third-order valence-corrected chi connectivity index (χ3v) is 4.37. The maximum Gasteiger partial charge on any atom is 0.510 e. The van der Waals surface area contributed by atoms with Crippen LogP contribution in [0.3, 0.4) is 0 Å². The van der Waals surface area contributed by atoms with Crippen LogP contribution in [0.25, 0.3) is 0 Å².